The van der Waals surface area contributed by atoms with E-state index in [0.717, 1.165) is 36.9 Å². The molecule has 0 unspecified atom stereocenters. The number of benzene rings is 1. The highest BCUT2D eigenvalue weighted by Crippen LogP contribution is 2.25. The predicted octanol–water partition coefficient (Wildman–Crippen LogP) is 4.59. The fourth-order valence-electron chi connectivity index (χ4n) is 2.38. The second-order valence-corrected chi connectivity index (χ2v) is 7.29. The van der Waals surface area contributed by atoms with E-state index in [9.17, 15) is 0 Å². The van der Waals surface area contributed by atoms with Crippen LogP contribution in [0.2, 0.25) is 5.02 Å². The molecule has 1 fully saturated rings. The summed E-state index contributed by atoms with van der Waals surface area (Å²) in [6.45, 7) is 3.20. The lowest BCUT2D eigenvalue weighted by Gasteiger charge is -2.01. The van der Waals surface area contributed by atoms with Gasteiger partial charge >= 0.3 is 0 Å². The molecule has 0 spiro atoms. The molecule has 4 heteroatoms. The predicted molar refractivity (Wildman–Crippen MR) is 90.2 cm³/mol. The average Bonchev–Trinajstić information content (AvgIpc) is 3.23. The van der Waals surface area contributed by atoms with Gasteiger partial charge in [-0.1, -0.05) is 37.1 Å². The van der Waals surface area contributed by atoms with Gasteiger partial charge in [0.1, 0.15) is 0 Å². The number of rotatable bonds is 7. The van der Waals surface area contributed by atoms with Crippen molar-refractivity contribution in [2.75, 3.05) is 0 Å². The number of thiazole rings is 1. The van der Waals surface area contributed by atoms with Gasteiger partial charge in [-0.3, -0.25) is 0 Å². The molecule has 1 heterocycles. The van der Waals surface area contributed by atoms with Gasteiger partial charge < -0.3 is 5.32 Å². The van der Waals surface area contributed by atoms with Crippen molar-refractivity contribution in [2.24, 2.45) is 0 Å². The lowest BCUT2D eigenvalue weighted by Crippen LogP contribution is -2.15. The smallest absolute Gasteiger partial charge is 0.0975 e. The molecule has 0 bridgehead atoms. The topological polar surface area (TPSA) is 24.9 Å². The molecule has 1 aromatic heterocycles. The molecule has 3 rings (SSSR count). The molecular weight excluding hydrogens is 300 g/mol. The van der Waals surface area contributed by atoms with Gasteiger partial charge in [-0.2, -0.15) is 0 Å². The molecule has 1 aromatic carbocycles. The third kappa shape index (κ3) is 4.29. The molecule has 1 aliphatic carbocycles. The van der Waals surface area contributed by atoms with E-state index in [1.54, 1.807) is 0 Å². The van der Waals surface area contributed by atoms with Crippen LogP contribution < -0.4 is 5.32 Å². The Labute approximate surface area is 135 Å². The zero-order chi connectivity index (χ0) is 14.7. The molecule has 1 aliphatic rings. The normalized spacial score (nSPS) is 14.6. The molecule has 1 saturated carbocycles. The first-order chi connectivity index (χ1) is 10.2. The Bertz CT molecular complexity index is 587. The van der Waals surface area contributed by atoms with Crippen LogP contribution in [0.15, 0.2) is 24.3 Å². The van der Waals surface area contributed by atoms with E-state index in [4.69, 9.17) is 16.6 Å². The summed E-state index contributed by atoms with van der Waals surface area (Å²) in [6, 6.07) is 8.83. The van der Waals surface area contributed by atoms with Gasteiger partial charge in [0.05, 0.1) is 10.7 Å². The molecule has 1 N–H and O–H groups in total. The van der Waals surface area contributed by atoms with Crippen molar-refractivity contribution in [1.29, 1.82) is 0 Å². The minimum absolute atomic E-state index is 0.751. The Hall–Kier alpha value is -0.900. The third-order valence-electron chi connectivity index (χ3n) is 3.71. The Morgan fingerprint density at radius 3 is 2.71 bits per heavy atom. The van der Waals surface area contributed by atoms with Crippen LogP contribution in [-0.2, 0) is 19.4 Å². The van der Waals surface area contributed by atoms with Crippen LogP contribution in [-0.4, -0.2) is 11.0 Å². The van der Waals surface area contributed by atoms with Crippen molar-refractivity contribution in [2.45, 2.75) is 51.6 Å². The highest BCUT2D eigenvalue weighted by Gasteiger charge is 2.21. The van der Waals surface area contributed by atoms with Crippen molar-refractivity contribution < 1.29 is 0 Å². The van der Waals surface area contributed by atoms with E-state index in [1.165, 1.54) is 34.0 Å². The second-order valence-electron chi connectivity index (χ2n) is 5.69. The van der Waals surface area contributed by atoms with Crippen LogP contribution in [0.3, 0.4) is 0 Å². The van der Waals surface area contributed by atoms with Crippen LogP contribution >= 0.6 is 22.9 Å². The maximum Gasteiger partial charge on any atom is 0.0975 e. The number of aromatic nitrogens is 1. The number of hydrogen-bond donors (Lipinski definition) is 1. The van der Waals surface area contributed by atoms with Gasteiger partial charge in [0.15, 0.2) is 0 Å². The lowest BCUT2D eigenvalue weighted by atomic mass is 10.1. The lowest BCUT2D eigenvalue weighted by molar-refractivity contribution is 0.686. The van der Waals surface area contributed by atoms with Crippen molar-refractivity contribution >= 4 is 22.9 Å². The SMILES string of the molecule is CCCc1nc(Cc2ccc(Cl)cc2)sc1CNC1CC1. The largest absolute Gasteiger partial charge is 0.309 e. The maximum atomic E-state index is 5.94. The van der Waals surface area contributed by atoms with Crippen LogP contribution in [0.1, 0.15) is 47.3 Å². The Morgan fingerprint density at radius 1 is 1.29 bits per heavy atom. The quantitative estimate of drug-likeness (QED) is 0.807. The molecular formula is C17H21ClN2S. The van der Waals surface area contributed by atoms with Crippen LogP contribution in [0.5, 0.6) is 0 Å². The fourth-order valence-corrected chi connectivity index (χ4v) is 3.61. The molecule has 2 nitrogen and oxygen atoms in total. The van der Waals surface area contributed by atoms with E-state index < -0.39 is 0 Å². The minimum Gasteiger partial charge on any atom is -0.309 e. The minimum atomic E-state index is 0.751. The average molecular weight is 321 g/mol. The molecule has 0 amide bonds. The highest BCUT2D eigenvalue weighted by atomic mass is 35.5. The van der Waals surface area contributed by atoms with E-state index in [-0.39, 0.29) is 0 Å². The Kier molecular flexibility index (Phi) is 4.94. The zero-order valence-corrected chi connectivity index (χ0v) is 13.9. The van der Waals surface area contributed by atoms with Crippen LogP contribution in [0.25, 0.3) is 0 Å². The van der Waals surface area contributed by atoms with Crippen LogP contribution in [0.4, 0.5) is 0 Å². The maximum absolute atomic E-state index is 5.94. The molecule has 0 radical (unpaired) electrons. The van der Waals surface area contributed by atoms with Crippen molar-refractivity contribution in [3.8, 4) is 0 Å². The summed E-state index contributed by atoms with van der Waals surface area (Å²) in [5.41, 5.74) is 2.57. The Balaban J connectivity index is 1.71. The number of hydrogen-bond acceptors (Lipinski definition) is 3. The second kappa shape index (κ2) is 6.91. The number of nitrogens with one attached hydrogen (secondary N) is 1. The van der Waals surface area contributed by atoms with Gasteiger partial charge in [-0.25, -0.2) is 4.98 Å². The van der Waals surface area contributed by atoms with Gasteiger partial charge in [0.25, 0.3) is 0 Å². The van der Waals surface area contributed by atoms with Gasteiger partial charge in [-0.15, -0.1) is 11.3 Å². The van der Waals surface area contributed by atoms with E-state index in [2.05, 4.69) is 24.4 Å². The summed E-state index contributed by atoms with van der Waals surface area (Å²) in [4.78, 5) is 6.29. The van der Waals surface area contributed by atoms with E-state index in [0.29, 0.717) is 0 Å². The molecule has 0 atom stereocenters. The number of nitrogens with zero attached hydrogens (tertiary/aromatic N) is 1. The Morgan fingerprint density at radius 2 is 2.05 bits per heavy atom. The van der Waals surface area contributed by atoms with Crippen molar-refractivity contribution in [1.82, 2.24) is 10.3 Å². The zero-order valence-electron chi connectivity index (χ0n) is 12.4. The van der Waals surface area contributed by atoms with Crippen molar-refractivity contribution in [3.63, 3.8) is 0 Å². The summed E-state index contributed by atoms with van der Waals surface area (Å²) in [5, 5.41) is 5.62. The fraction of sp³-hybridized carbons (Fsp3) is 0.471. The summed E-state index contributed by atoms with van der Waals surface area (Å²) < 4.78 is 0. The summed E-state index contributed by atoms with van der Waals surface area (Å²) >= 11 is 7.80. The van der Waals surface area contributed by atoms with Gasteiger partial charge in [-0.05, 0) is 37.0 Å². The van der Waals surface area contributed by atoms with Gasteiger partial charge in [0.2, 0.25) is 0 Å². The summed E-state index contributed by atoms with van der Waals surface area (Å²) in [7, 11) is 0. The molecule has 21 heavy (non-hydrogen) atoms. The first-order valence-electron chi connectivity index (χ1n) is 7.70. The molecule has 0 aliphatic heterocycles. The molecule has 0 saturated heterocycles. The monoisotopic (exact) mass is 320 g/mol. The third-order valence-corrected chi connectivity index (χ3v) is 5.06. The molecule has 112 valence electrons. The number of aryl methyl sites for hydroxylation is 1. The standard InChI is InChI=1S/C17H21ClN2S/c1-2-3-15-16(11-19-14-8-9-14)21-17(20-15)10-12-4-6-13(18)7-5-12/h4-7,14,19H,2-3,8-11H2,1H3. The first-order valence-corrected chi connectivity index (χ1v) is 8.89. The molecule has 2 aromatic rings. The van der Waals surface area contributed by atoms with E-state index in [1.807, 2.05) is 23.5 Å². The summed E-state index contributed by atoms with van der Waals surface area (Å²) in [5.74, 6) is 0. The van der Waals surface area contributed by atoms with Gasteiger partial charge in [0, 0.05) is 28.9 Å². The van der Waals surface area contributed by atoms with Crippen molar-refractivity contribution in [3.05, 3.63) is 50.4 Å². The summed E-state index contributed by atoms with van der Waals surface area (Å²) in [6.07, 6.45) is 5.81. The first kappa shape index (κ1) is 15.0. The van der Waals surface area contributed by atoms with E-state index >= 15 is 0 Å². The van der Waals surface area contributed by atoms with Crippen LogP contribution in [0, 0.1) is 0 Å². The number of halogens is 1. The highest BCUT2D eigenvalue weighted by molar-refractivity contribution is 7.11.